The zero-order valence-electron chi connectivity index (χ0n) is 14.3. The van der Waals surface area contributed by atoms with Crippen LogP contribution in [0.1, 0.15) is 12.8 Å². The summed E-state index contributed by atoms with van der Waals surface area (Å²) in [5.74, 6) is -0.464. The topological polar surface area (TPSA) is 218 Å². The number of carbonyl (C=O) groups excluding carboxylic acids is 2. The van der Waals surface area contributed by atoms with Gasteiger partial charge in [0.1, 0.15) is 6.23 Å². The molecule has 162 valence electrons. The molecule has 1 heterocycles. The van der Waals surface area contributed by atoms with Crippen LogP contribution in [0.15, 0.2) is 12.3 Å². The highest BCUT2D eigenvalue weighted by molar-refractivity contribution is 7.66. The highest BCUT2D eigenvalue weighted by Crippen LogP contribution is 2.66. The Morgan fingerprint density at radius 2 is 1.82 bits per heavy atom. The molecule has 0 aliphatic carbocycles. The Hall–Kier alpha value is -0.950. The molecule has 1 saturated heterocycles. The number of ether oxygens (including phenoxy) is 1. The third-order valence-electron chi connectivity index (χ3n) is 3.02. The van der Waals surface area contributed by atoms with Gasteiger partial charge in [-0.2, -0.15) is 8.62 Å². The van der Waals surface area contributed by atoms with E-state index in [0.717, 1.165) is 11.0 Å². The zero-order valence-corrected chi connectivity index (χ0v) is 16.9. The SMILES string of the molecule is CNC(=O)/C=C\N(C=O)C1CCC(COP(=O)(O)OP(=O)(O)OP(=O)(O)O)O1. The average molecular weight is 468 g/mol. The van der Waals surface area contributed by atoms with Crippen LogP contribution >= 0.6 is 23.5 Å². The van der Waals surface area contributed by atoms with Crippen LogP contribution in [0.5, 0.6) is 0 Å². The summed E-state index contributed by atoms with van der Waals surface area (Å²) in [5.41, 5.74) is 0. The van der Waals surface area contributed by atoms with Crippen LogP contribution in [0.3, 0.4) is 0 Å². The summed E-state index contributed by atoms with van der Waals surface area (Å²) >= 11 is 0. The van der Waals surface area contributed by atoms with E-state index < -0.39 is 48.3 Å². The van der Waals surface area contributed by atoms with E-state index in [1.54, 1.807) is 0 Å². The Morgan fingerprint density at radius 1 is 1.18 bits per heavy atom. The molecule has 18 heteroatoms. The van der Waals surface area contributed by atoms with E-state index in [2.05, 4.69) is 18.5 Å². The molecule has 0 aromatic heterocycles. The molecule has 2 amide bonds. The lowest BCUT2D eigenvalue weighted by Crippen LogP contribution is -2.31. The number of carbonyl (C=O) groups is 2. The van der Waals surface area contributed by atoms with Gasteiger partial charge in [-0.25, -0.2) is 13.7 Å². The number of likely N-dealkylation sites (N-methyl/N-ethyl adjacent to an activating group) is 1. The number of nitrogens with zero attached hydrogens (tertiary/aromatic N) is 1. The molecular weight excluding hydrogens is 449 g/mol. The Bertz CT molecular complexity index is 736. The predicted molar refractivity (Wildman–Crippen MR) is 88.8 cm³/mol. The van der Waals surface area contributed by atoms with Crippen molar-refractivity contribution < 1.29 is 60.7 Å². The van der Waals surface area contributed by atoms with Crippen molar-refractivity contribution in [3.05, 3.63) is 12.3 Å². The van der Waals surface area contributed by atoms with Crippen LogP contribution in [0.4, 0.5) is 0 Å². The molecule has 0 aromatic rings. The Morgan fingerprint density at radius 3 is 2.36 bits per heavy atom. The molecule has 0 saturated carbocycles. The van der Waals surface area contributed by atoms with Gasteiger partial charge in [-0.1, -0.05) is 0 Å². The minimum Gasteiger partial charge on any atom is -0.356 e. The predicted octanol–water partition coefficient (Wildman–Crippen LogP) is -0.447. The normalized spacial score (nSPS) is 24.5. The first-order valence-corrected chi connectivity index (χ1v) is 11.9. The Balaban J connectivity index is 2.57. The summed E-state index contributed by atoms with van der Waals surface area (Å²) in [6.07, 6.45) is 1.55. The Kier molecular flexibility index (Phi) is 9.13. The fraction of sp³-hybridized carbons (Fsp3) is 0.600. The lowest BCUT2D eigenvalue weighted by molar-refractivity contribution is -0.127. The molecule has 1 aliphatic heterocycles. The number of hydrogen-bond acceptors (Lipinski definition) is 9. The molecule has 0 bridgehead atoms. The van der Waals surface area contributed by atoms with Crippen molar-refractivity contribution in [3.8, 4) is 0 Å². The fourth-order valence-corrected chi connectivity index (χ4v) is 4.99. The maximum absolute atomic E-state index is 11.6. The number of phosphoric ester groups is 1. The summed E-state index contributed by atoms with van der Waals surface area (Å²) in [6.45, 7) is -0.619. The first-order valence-electron chi connectivity index (χ1n) is 7.33. The van der Waals surface area contributed by atoms with Crippen molar-refractivity contribution in [1.82, 2.24) is 10.2 Å². The van der Waals surface area contributed by atoms with Gasteiger partial charge >= 0.3 is 23.5 Å². The van der Waals surface area contributed by atoms with Crippen LogP contribution in [0.2, 0.25) is 0 Å². The number of hydrogen-bond donors (Lipinski definition) is 5. The van der Waals surface area contributed by atoms with Crippen molar-refractivity contribution >= 4 is 35.8 Å². The third-order valence-corrected chi connectivity index (χ3v) is 6.83. The van der Waals surface area contributed by atoms with E-state index >= 15 is 0 Å². The van der Waals surface area contributed by atoms with Crippen molar-refractivity contribution in [2.45, 2.75) is 25.2 Å². The van der Waals surface area contributed by atoms with E-state index in [9.17, 15) is 28.2 Å². The van der Waals surface area contributed by atoms with Gasteiger partial charge in [0.15, 0.2) is 0 Å². The molecule has 4 unspecified atom stereocenters. The second kappa shape index (κ2) is 10.2. The molecule has 28 heavy (non-hydrogen) atoms. The molecule has 0 aromatic carbocycles. The quantitative estimate of drug-likeness (QED) is 0.148. The van der Waals surface area contributed by atoms with E-state index in [0.29, 0.717) is 6.41 Å². The van der Waals surface area contributed by atoms with Gasteiger partial charge in [-0.15, -0.1) is 0 Å². The van der Waals surface area contributed by atoms with Crippen LogP contribution in [-0.4, -0.2) is 62.8 Å². The molecule has 4 atom stereocenters. The largest absolute Gasteiger partial charge is 0.490 e. The summed E-state index contributed by atoms with van der Waals surface area (Å²) in [7, 11) is -14.9. The zero-order chi connectivity index (χ0) is 21.6. The summed E-state index contributed by atoms with van der Waals surface area (Å²) in [6, 6.07) is 0. The van der Waals surface area contributed by atoms with Gasteiger partial charge < -0.3 is 29.6 Å². The molecule has 1 fully saturated rings. The van der Waals surface area contributed by atoms with Crippen LogP contribution in [0, 0.1) is 0 Å². The minimum atomic E-state index is -5.59. The average Bonchev–Trinajstić information content (AvgIpc) is 2.99. The van der Waals surface area contributed by atoms with Gasteiger partial charge in [-0.05, 0) is 12.8 Å². The van der Waals surface area contributed by atoms with Crippen LogP contribution in [0.25, 0.3) is 0 Å². The number of phosphoric acid groups is 3. The van der Waals surface area contributed by atoms with Crippen molar-refractivity contribution in [1.29, 1.82) is 0 Å². The lowest BCUT2D eigenvalue weighted by Gasteiger charge is -2.22. The molecule has 1 rings (SSSR count). The van der Waals surface area contributed by atoms with E-state index in [-0.39, 0.29) is 12.8 Å². The van der Waals surface area contributed by atoms with Crippen LogP contribution < -0.4 is 5.32 Å². The summed E-state index contributed by atoms with van der Waals surface area (Å²) in [4.78, 5) is 58.5. The third kappa shape index (κ3) is 9.50. The number of rotatable bonds is 11. The second-order valence-electron chi connectivity index (χ2n) is 5.16. The fourth-order valence-electron chi connectivity index (χ4n) is 1.95. The molecule has 15 nitrogen and oxygen atoms in total. The van der Waals surface area contributed by atoms with Gasteiger partial charge in [0.25, 0.3) is 0 Å². The standard InChI is InChI=1S/C10H19N2O13P3/c1-11-9(14)4-5-12(7-13)10-3-2-8(23-10)6-22-27(18,19)25-28(20,21)24-26(15,16)17/h4-5,7-8,10H,2-3,6H2,1H3,(H,11,14)(H,18,19)(H,20,21)(H2,15,16,17)/b5-4-. The van der Waals surface area contributed by atoms with Gasteiger partial charge in [0.2, 0.25) is 12.3 Å². The Labute approximate surface area is 158 Å². The molecule has 1 aliphatic rings. The maximum atomic E-state index is 11.6. The van der Waals surface area contributed by atoms with Gasteiger partial charge in [-0.3, -0.25) is 19.0 Å². The lowest BCUT2D eigenvalue weighted by atomic mass is 10.2. The van der Waals surface area contributed by atoms with E-state index in [1.165, 1.54) is 13.2 Å². The highest BCUT2D eigenvalue weighted by Gasteiger charge is 2.41. The molecule has 0 spiro atoms. The second-order valence-corrected chi connectivity index (χ2v) is 9.58. The highest BCUT2D eigenvalue weighted by atomic mass is 31.3. The van der Waals surface area contributed by atoms with Gasteiger partial charge in [0, 0.05) is 19.3 Å². The molecule has 0 radical (unpaired) electrons. The first-order chi connectivity index (χ1) is 12.8. The molecule has 5 N–H and O–H groups in total. The van der Waals surface area contributed by atoms with Crippen LogP contribution in [-0.2, 0) is 41.2 Å². The monoisotopic (exact) mass is 468 g/mol. The minimum absolute atomic E-state index is 0.249. The molecular formula is C10H19N2O13P3. The first kappa shape index (κ1) is 25.1. The summed E-state index contributed by atoms with van der Waals surface area (Å²) in [5, 5.41) is 2.31. The van der Waals surface area contributed by atoms with Crippen molar-refractivity contribution in [3.63, 3.8) is 0 Å². The maximum Gasteiger partial charge on any atom is 0.490 e. The summed E-state index contributed by atoms with van der Waals surface area (Å²) < 4.78 is 50.4. The van der Waals surface area contributed by atoms with Gasteiger partial charge in [0.05, 0.1) is 12.7 Å². The van der Waals surface area contributed by atoms with E-state index in [1.807, 2.05) is 0 Å². The smallest absolute Gasteiger partial charge is 0.356 e. The number of nitrogens with one attached hydrogen (secondary N) is 1. The van der Waals surface area contributed by atoms with Crippen molar-refractivity contribution in [2.24, 2.45) is 0 Å². The van der Waals surface area contributed by atoms with E-state index in [4.69, 9.17) is 19.4 Å². The number of amides is 2. The van der Waals surface area contributed by atoms with Crippen molar-refractivity contribution in [2.75, 3.05) is 13.7 Å².